The van der Waals surface area contributed by atoms with E-state index in [2.05, 4.69) is 20.2 Å². The standard InChI is InChI=1S/C21H26F2N4S/c1-14(2)10-15(18(22)12-24-3)11-16-13-28-21(25-16)17-6-7-19(26-20(17)23)27-8-4-5-9-27/h6-7,10-12,14,24H,4-5,8-9,13H2,1-3H3/b15-10+,16-11+,18-12-. The molecule has 1 aromatic heterocycles. The van der Waals surface area contributed by atoms with Gasteiger partial charge < -0.3 is 10.2 Å². The van der Waals surface area contributed by atoms with Crippen LogP contribution in [0.15, 0.2) is 52.6 Å². The van der Waals surface area contributed by atoms with Gasteiger partial charge in [-0.2, -0.15) is 4.39 Å². The molecule has 0 bridgehead atoms. The van der Waals surface area contributed by atoms with Crippen molar-refractivity contribution in [3.8, 4) is 0 Å². The first kappa shape index (κ1) is 20.6. The van der Waals surface area contributed by atoms with Crippen LogP contribution in [0.2, 0.25) is 0 Å². The first-order valence-electron chi connectivity index (χ1n) is 9.57. The van der Waals surface area contributed by atoms with Crippen LogP contribution < -0.4 is 10.2 Å². The normalized spacial score (nSPS) is 19.7. The fraction of sp³-hybridized carbons (Fsp3) is 0.429. The molecule has 0 radical (unpaired) electrons. The highest BCUT2D eigenvalue weighted by atomic mass is 32.2. The lowest BCUT2D eigenvalue weighted by Crippen LogP contribution is -2.19. The Hall–Kier alpha value is -2.15. The fourth-order valence-corrected chi connectivity index (χ4v) is 4.12. The van der Waals surface area contributed by atoms with E-state index < -0.39 is 5.95 Å². The first-order valence-corrected chi connectivity index (χ1v) is 10.6. The zero-order chi connectivity index (χ0) is 20.1. The van der Waals surface area contributed by atoms with Crippen LogP contribution in [-0.2, 0) is 0 Å². The Morgan fingerprint density at radius 3 is 2.68 bits per heavy atom. The summed E-state index contributed by atoms with van der Waals surface area (Å²) in [4.78, 5) is 10.8. The number of nitrogens with one attached hydrogen (secondary N) is 1. The van der Waals surface area contributed by atoms with E-state index in [9.17, 15) is 8.78 Å². The monoisotopic (exact) mass is 404 g/mol. The molecule has 2 aliphatic rings. The Kier molecular flexibility index (Phi) is 6.88. The van der Waals surface area contributed by atoms with Gasteiger partial charge in [0.15, 0.2) is 0 Å². The van der Waals surface area contributed by atoms with Crippen molar-refractivity contribution in [2.24, 2.45) is 10.9 Å². The lowest BCUT2D eigenvalue weighted by Gasteiger charge is -2.16. The van der Waals surface area contributed by atoms with Crippen molar-refractivity contribution in [3.05, 3.63) is 59.1 Å². The van der Waals surface area contributed by atoms with Crippen molar-refractivity contribution in [1.82, 2.24) is 10.3 Å². The average Bonchev–Trinajstić information content (AvgIpc) is 3.33. The van der Waals surface area contributed by atoms with E-state index in [1.165, 1.54) is 18.0 Å². The summed E-state index contributed by atoms with van der Waals surface area (Å²) in [6.07, 6.45) is 7.13. The van der Waals surface area contributed by atoms with Gasteiger partial charge in [0, 0.05) is 37.7 Å². The van der Waals surface area contributed by atoms with Crippen LogP contribution in [0.1, 0.15) is 32.3 Å². The Balaban J connectivity index is 1.84. The van der Waals surface area contributed by atoms with Crippen molar-refractivity contribution in [2.45, 2.75) is 26.7 Å². The third kappa shape index (κ3) is 5.01. The molecule has 0 aliphatic carbocycles. The van der Waals surface area contributed by atoms with Crippen molar-refractivity contribution >= 4 is 22.6 Å². The van der Waals surface area contributed by atoms with E-state index in [-0.39, 0.29) is 11.7 Å². The fourth-order valence-electron chi connectivity index (χ4n) is 3.20. The molecular formula is C21H26F2N4S. The molecule has 1 N–H and O–H groups in total. The topological polar surface area (TPSA) is 40.5 Å². The van der Waals surface area contributed by atoms with Gasteiger partial charge in [0.25, 0.3) is 0 Å². The number of aliphatic imine (C=N–C) groups is 1. The van der Waals surface area contributed by atoms with Crippen molar-refractivity contribution in [1.29, 1.82) is 0 Å². The number of pyridine rings is 1. The molecule has 7 heteroatoms. The van der Waals surface area contributed by atoms with E-state index in [0.717, 1.165) is 31.6 Å². The molecule has 0 atom stereocenters. The largest absolute Gasteiger partial charge is 0.392 e. The SMILES string of the molecule is CN/C=C(F)/C(/C=C1\CSC(c2ccc(N3CCCC3)nc2F)=N1)=C/C(C)C. The summed E-state index contributed by atoms with van der Waals surface area (Å²) in [6, 6.07) is 3.60. The van der Waals surface area contributed by atoms with Crippen LogP contribution in [-0.4, -0.2) is 35.9 Å². The summed E-state index contributed by atoms with van der Waals surface area (Å²) in [7, 11) is 1.66. The van der Waals surface area contributed by atoms with E-state index in [1.807, 2.05) is 26.0 Å². The van der Waals surface area contributed by atoms with Gasteiger partial charge in [-0.05, 0) is 37.0 Å². The predicted molar refractivity (Wildman–Crippen MR) is 114 cm³/mol. The summed E-state index contributed by atoms with van der Waals surface area (Å²) in [5, 5.41) is 3.30. The van der Waals surface area contributed by atoms with Gasteiger partial charge in [0.2, 0.25) is 5.95 Å². The highest BCUT2D eigenvalue weighted by Gasteiger charge is 2.21. The smallest absolute Gasteiger partial charge is 0.224 e. The number of thioether (sulfide) groups is 1. The predicted octanol–water partition coefficient (Wildman–Crippen LogP) is 4.81. The van der Waals surface area contributed by atoms with Crippen molar-refractivity contribution in [3.63, 3.8) is 0 Å². The molecule has 1 fully saturated rings. The number of hydrogen-bond acceptors (Lipinski definition) is 5. The lowest BCUT2D eigenvalue weighted by atomic mass is 10.1. The molecule has 0 aromatic carbocycles. The molecule has 3 heterocycles. The highest BCUT2D eigenvalue weighted by Crippen LogP contribution is 2.30. The minimum Gasteiger partial charge on any atom is -0.392 e. The molecular weight excluding hydrogens is 378 g/mol. The van der Waals surface area contributed by atoms with Crippen LogP contribution in [0, 0.1) is 11.9 Å². The number of anilines is 1. The average molecular weight is 405 g/mol. The molecule has 3 rings (SSSR count). The van der Waals surface area contributed by atoms with Gasteiger partial charge in [-0.1, -0.05) is 31.7 Å². The number of nitrogens with zero attached hydrogens (tertiary/aromatic N) is 3. The Morgan fingerprint density at radius 2 is 2.04 bits per heavy atom. The molecule has 4 nitrogen and oxygen atoms in total. The van der Waals surface area contributed by atoms with E-state index >= 15 is 0 Å². The summed E-state index contributed by atoms with van der Waals surface area (Å²) in [6.45, 7) is 5.83. The zero-order valence-corrected chi connectivity index (χ0v) is 17.3. The second-order valence-electron chi connectivity index (χ2n) is 7.19. The molecule has 0 saturated carbocycles. The summed E-state index contributed by atoms with van der Waals surface area (Å²) in [5.41, 5.74) is 1.60. The van der Waals surface area contributed by atoms with Crippen LogP contribution >= 0.6 is 11.8 Å². The zero-order valence-electron chi connectivity index (χ0n) is 16.5. The van der Waals surface area contributed by atoms with Crippen LogP contribution in [0.3, 0.4) is 0 Å². The third-order valence-corrected chi connectivity index (χ3v) is 5.50. The summed E-state index contributed by atoms with van der Waals surface area (Å²) in [5.74, 6) is 0.598. The molecule has 150 valence electrons. The number of halogens is 2. The Labute approximate surface area is 169 Å². The maximum Gasteiger partial charge on any atom is 0.224 e. The molecule has 1 saturated heterocycles. The second kappa shape index (κ2) is 9.37. The van der Waals surface area contributed by atoms with E-state index in [1.54, 1.807) is 19.2 Å². The molecule has 0 unspecified atom stereocenters. The van der Waals surface area contributed by atoms with Crippen molar-refractivity contribution < 1.29 is 8.78 Å². The Morgan fingerprint density at radius 1 is 1.29 bits per heavy atom. The molecule has 1 aromatic rings. The van der Waals surface area contributed by atoms with E-state index in [0.29, 0.717) is 27.8 Å². The lowest BCUT2D eigenvalue weighted by molar-refractivity contribution is 0.580. The highest BCUT2D eigenvalue weighted by molar-refractivity contribution is 8.14. The van der Waals surface area contributed by atoms with Gasteiger partial charge >= 0.3 is 0 Å². The number of hydrogen-bond donors (Lipinski definition) is 1. The van der Waals surface area contributed by atoms with Gasteiger partial charge in [-0.3, -0.25) is 0 Å². The van der Waals surface area contributed by atoms with Gasteiger partial charge in [0.05, 0.1) is 11.3 Å². The molecule has 2 aliphatic heterocycles. The quantitative estimate of drug-likeness (QED) is 0.546. The summed E-state index contributed by atoms with van der Waals surface area (Å²) >= 11 is 1.45. The molecule has 0 amide bonds. The summed E-state index contributed by atoms with van der Waals surface area (Å²) < 4.78 is 28.9. The van der Waals surface area contributed by atoms with Crippen LogP contribution in [0.4, 0.5) is 14.6 Å². The number of allylic oxidation sites excluding steroid dienone is 4. The maximum absolute atomic E-state index is 14.6. The van der Waals surface area contributed by atoms with Gasteiger partial charge in [-0.15, -0.1) is 0 Å². The van der Waals surface area contributed by atoms with Gasteiger partial charge in [-0.25, -0.2) is 14.4 Å². The van der Waals surface area contributed by atoms with E-state index in [4.69, 9.17) is 0 Å². The van der Waals surface area contributed by atoms with Crippen LogP contribution in [0.5, 0.6) is 0 Å². The minimum atomic E-state index is -0.504. The number of rotatable bonds is 6. The molecule has 28 heavy (non-hydrogen) atoms. The van der Waals surface area contributed by atoms with Gasteiger partial charge in [0.1, 0.15) is 16.7 Å². The third-order valence-electron chi connectivity index (χ3n) is 4.48. The molecule has 0 spiro atoms. The minimum absolute atomic E-state index is 0.195. The number of aromatic nitrogens is 1. The maximum atomic E-state index is 14.6. The second-order valence-corrected chi connectivity index (χ2v) is 8.15. The van der Waals surface area contributed by atoms with Crippen molar-refractivity contribution in [2.75, 3.05) is 30.8 Å². The van der Waals surface area contributed by atoms with Crippen LogP contribution in [0.25, 0.3) is 0 Å². The Bertz CT molecular complexity index is 837. The first-order chi connectivity index (χ1) is 13.5.